The van der Waals surface area contributed by atoms with Crippen LogP contribution in [0.2, 0.25) is 5.02 Å². The molecule has 0 aliphatic rings. The summed E-state index contributed by atoms with van der Waals surface area (Å²) in [5.41, 5.74) is 5.22. The zero-order valence-electron chi connectivity index (χ0n) is 12.8. The van der Waals surface area contributed by atoms with E-state index in [-0.39, 0.29) is 12.5 Å². The van der Waals surface area contributed by atoms with Gasteiger partial charge < -0.3 is 4.74 Å². The van der Waals surface area contributed by atoms with E-state index >= 15 is 0 Å². The van der Waals surface area contributed by atoms with Gasteiger partial charge >= 0.3 is 0 Å². The molecule has 1 amide bonds. The summed E-state index contributed by atoms with van der Waals surface area (Å²) in [5.74, 6) is 0.306. The number of hydrazone groups is 1. The minimum Gasteiger partial charge on any atom is -0.482 e. The monoisotopic (exact) mass is 394 g/mol. The SMILES string of the molecule is Cc1cc(C)c(OCC(=O)NN=Cc2ccccc2Cl)c(Br)c1. The predicted octanol–water partition coefficient (Wildman–Crippen LogP) is 4.25. The minimum atomic E-state index is -0.347. The summed E-state index contributed by atoms with van der Waals surface area (Å²) in [4.78, 5) is 11.8. The van der Waals surface area contributed by atoms with Gasteiger partial charge in [-0.05, 0) is 53.0 Å². The van der Waals surface area contributed by atoms with Crippen LogP contribution in [0.1, 0.15) is 16.7 Å². The van der Waals surface area contributed by atoms with Gasteiger partial charge in [-0.25, -0.2) is 5.43 Å². The first-order valence-corrected chi connectivity index (χ1v) is 8.10. The molecule has 23 heavy (non-hydrogen) atoms. The highest BCUT2D eigenvalue weighted by Gasteiger charge is 2.08. The summed E-state index contributed by atoms with van der Waals surface area (Å²) >= 11 is 9.43. The number of amides is 1. The van der Waals surface area contributed by atoms with Gasteiger partial charge in [0.2, 0.25) is 0 Å². The second kappa shape index (κ2) is 8.13. The standard InChI is InChI=1S/C17H16BrClN2O2/c1-11-7-12(2)17(14(18)8-11)23-10-16(22)21-20-9-13-5-3-4-6-15(13)19/h3-9H,10H2,1-2H3,(H,21,22). The third-order valence-electron chi connectivity index (χ3n) is 3.02. The van der Waals surface area contributed by atoms with Crippen molar-refractivity contribution in [2.24, 2.45) is 5.10 Å². The molecule has 120 valence electrons. The smallest absolute Gasteiger partial charge is 0.277 e. The highest BCUT2D eigenvalue weighted by molar-refractivity contribution is 9.10. The number of aryl methyl sites for hydroxylation is 2. The first-order chi connectivity index (χ1) is 11.0. The molecule has 0 aliphatic carbocycles. The van der Waals surface area contributed by atoms with Gasteiger partial charge in [0.1, 0.15) is 5.75 Å². The van der Waals surface area contributed by atoms with E-state index in [1.807, 2.05) is 38.1 Å². The first-order valence-electron chi connectivity index (χ1n) is 6.93. The Labute approximate surface area is 148 Å². The van der Waals surface area contributed by atoms with Crippen LogP contribution in [0.4, 0.5) is 0 Å². The lowest BCUT2D eigenvalue weighted by Gasteiger charge is -2.11. The molecule has 1 N–H and O–H groups in total. The van der Waals surface area contributed by atoms with Gasteiger partial charge in [-0.2, -0.15) is 5.10 Å². The maximum absolute atomic E-state index is 11.8. The molecule has 2 aromatic rings. The molecule has 0 aromatic heterocycles. The quantitative estimate of drug-likeness (QED) is 0.608. The van der Waals surface area contributed by atoms with Crippen LogP contribution < -0.4 is 10.2 Å². The highest BCUT2D eigenvalue weighted by atomic mass is 79.9. The fourth-order valence-corrected chi connectivity index (χ4v) is 2.98. The number of hydrogen-bond donors (Lipinski definition) is 1. The summed E-state index contributed by atoms with van der Waals surface area (Å²) in [6.07, 6.45) is 1.49. The Bertz CT molecular complexity index is 724. The molecule has 6 heteroatoms. The fraction of sp³-hybridized carbons (Fsp3) is 0.176. The Morgan fingerprint density at radius 3 is 2.78 bits per heavy atom. The van der Waals surface area contributed by atoms with Gasteiger partial charge in [0.15, 0.2) is 6.61 Å². The largest absolute Gasteiger partial charge is 0.482 e. The van der Waals surface area contributed by atoms with Crippen molar-refractivity contribution in [1.82, 2.24) is 5.43 Å². The van der Waals surface area contributed by atoms with E-state index in [1.54, 1.807) is 12.1 Å². The fourth-order valence-electron chi connectivity index (χ4n) is 2.01. The Morgan fingerprint density at radius 1 is 1.35 bits per heavy atom. The molecule has 0 saturated heterocycles. The Hall–Kier alpha value is -1.85. The molecule has 2 rings (SSSR count). The van der Waals surface area contributed by atoms with Crippen molar-refractivity contribution in [3.63, 3.8) is 0 Å². The van der Waals surface area contributed by atoms with E-state index in [9.17, 15) is 4.79 Å². The third-order valence-corrected chi connectivity index (χ3v) is 3.95. The molecular formula is C17H16BrClN2O2. The van der Waals surface area contributed by atoms with Gasteiger partial charge in [-0.15, -0.1) is 0 Å². The van der Waals surface area contributed by atoms with Crippen molar-refractivity contribution in [1.29, 1.82) is 0 Å². The lowest BCUT2D eigenvalue weighted by atomic mass is 10.1. The van der Waals surface area contributed by atoms with Gasteiger partial charge in [-0.1, -0.05) is 35.9 Å². The number of carbonyl (C=O) groups is 1. The van der Waals surface area contributed by atoms with Gasteiger partial charge in [0.25, 0.3) is 5.91 Å². The van der Waals surface area contributed by atoms with E-state index in [4.69, 9.17) is 16.3 Å². The topological polar surface area (TPSA) is 50.7 Å². The first kappa shape index (κ1) is 17.5. The maximum Gasteiger partial charge on any atom is 0.277 e. The van der Waals surface area contributed by atoms with Crippen LogP contribution in [0, 0.1) is 13.8 Å². The Balaban J connectivity index is 1.90. The summed E-state index contributed by atoms with van der Waals surface area (Å²) in [6, 6.07) is 11.2. The van der Waals surface area contributed by atoms with Crippen molar-refractivity contribution >= 4 is 39.7 Å². The normalized spacial score (nSPS) is 10.8. The summed E-state index contributed by atoms with van der Waals surface area (Å²) in [6.45, 7) is 3.81. The number of halogens is 2. The van der Waals surface area contributed by atoms with Gasteiger partial charge in [0, 0.05) is 10.6 Å². The summed E-state index contributed by atoms with van der Waals surface area (Å²) in [5, 5.41) is 4.44. The van der Waals surface area contributed by atoms with E-state index < -0.39 is 0 Å². The second-order valence-electron chi connectivity index (χ2n) is 5.00. The maximum atomic E-state index is 11.8. The molecule has 0 radical (unpaired) electrons. The van der Waals surface area contributed by atoms with Crippen LogP contribution >= 0.6 is 27.5 Å². The van der Waals surface area contributed by atoms with E-state index in [0.717, 1.165) is 21.2 Å². The second-order valence-corrected chi connectivity index (χ2v) is 6.26. The lowest BCUT2D eigenvalue weighted by molar-refractivity contribution is -0.123. The minimum absolute atomic E-state index is 0.123. The van der Waals surface area contributed by atoms with Gasteiger partial charge in [0.05, 0.1) is 10.7 Å². The Kier molecular flexibility index (Phi) is 6.19. The van der Waals surface area contributed by atoms with E-state index in [0.29, 0.717) is 10.8 Å². The van der Waals surface area contributed by atoms with E-state index in [1.165, 1.54) is 6.21 Å². The zero-order valence-corrected chi connectivity index (χ0v) is 15.1. The molecule has 0 saturated carbocycles. The van der Waals surface area contributed by atoms with Crippen molar-refractivity contribution in [3.8, 4) is 5.75 Å². The van der Waals surface area contributed by atoms with Crippen LogP contribution in [0.3, 0.4) is 0 Å². The number of nitrogens with zero attached hydrogens (tertiary/aromatic N) is 1. The van der Waals surface area contributed by atoms with Crippen molar-refractivity contribution < 1.29 is 9.53 Å². The molecule has 0 atom stereocenters. The molecule has 0 fully saturated rings. The zero-order chi connectivity index (χ0) is 16.8. The lowest BCUT2D eigenvalue weighted by Crippen LogP contribution is -2.24. The molecule has 2 aromatic carbocycles. The molecular weight excluding hydrogens is 380 g/mol. The number of benzene rings is 2. The van der Waals surface area contributed by atoms with Crippen molar-refractivity contribution in [2.45, 2.75) is 13.8 Å². The Morgan fingerprint density at radius 2 is 2.09 bits per heavy atom. The molecule has 0 spiro atoms. The van der Waals surface area contributed by atoms with Crippen LogP contribution in [0.5, 0.6) is 5.75 Å². The average Bonchev–Trinajstić information content (AvgIpc) is 2.48. The van der Waals surface area contributed by atoms with Crippen LogP contribution in [0.25, 0.3) is 0 Å². The summed E-state index contributed by atoms with van der Waals surface area (Å²) < 4.78 is 6.37. The molecule has 0 unspecified atom stereocenters. The van der Waals surface area contributed by atoms with Crippen molar-refractivity contribution in [2.75, 3.05) is 6.61 Å². The number of carbonyl (C=O) groups excluding carboxylic acids is 1. The van der Waals surface area contributed by atoms with Crippen LogP contribution in [-0.2, 0) is 4.79 Å². The van der Waals surface area contributed by atoms with Crippen molar-refractivity contribution in [3.05, 3.63) is 62.6 Å². The predicted molar refractivity (Wildman–Crippen MR) is 96.3 cm³/mol. The number of nitrogens with one attached hydrogen (secondary N) is 1. The number of hydrogen-bond acceptors (Lipinski definition) is 3. The van der Waals surface area contributed by atoms with Crippen LogP contribution in [0.15, 0.2) is 46.0 Å². The number of ether oxygens (including phenoxy) is 1. The molecule has 0 heterocycles. The van der Waals surface area contributed by atoms with Gasteiger partial charge in [-0.3, -0.25) is 4.79 Å². The molecule has 0 aliphatic heterocycles. The molecule has 0 bridgehead atoms. The molecule has 4 nitrogen and oxygen atoms in total. The van der Waals surface area contributed by atoms with E-state index in [2.05, 4.69) is 26.5 Å². The highest BCUT2D eigenvalue weighted by Crippen LogP contribution is 2.30. The van der Waals surface area contributed by atoms with Crippen LogP contribution in [-0.4, -0.2) is 18.7 Å². The summed E-state index contributed by atoms with van der Waals surface area (Å²) in [7, 11) is 0. The number of rotatable bonds is 5. The third kappa shape index (κ3) is 5.08. The average molecular weight is 396 g/mol.